The summed E-state index contributed by atoms with van der Waals surface area (Å²) in [5.74, 6) is -1.96. The summed E-state index contributed by atoms with van der Waals surface area (Å²) in [6.45, 7) is -0.311. The van der Waals surface area contributed by atoms with Gasteiger partial charge in [-0.15, -0.1) is 0 Å². The maximum atomic E-state index is 12.0. The fourth-order valence-corrected chi connectivity index (χ4v) is 2.64. The Bertz CT molecular complexity index is 609. The van der Waals surface area contributed by atoms with Gasteiger partial charge in [0.1, 0.15) is 6.04 Å². The highest BCUT2D eigenvalue weighted by Gasteiger charge is 2.25. The Labute approximate surface area is 121 Å². The van der Waals surface area contributed by atoms with Crippen molar-refractivity contribution in [3.05, 3.63) is 29.8 Å². The number of carbonyl (C=O) groups is 2. The number of rotatable bonds is 7. The van der Waals surface area contributed by atoms with Crippen molar-refractivity contribution in [1.29, 1.82) is 0 Å². The number of hydrogen-bond acceptors (Lipinski definition) is 6. The van der Waals surface area contributed by atoms with E-state index in [4.69, 9.17) is 5.11 Å². The van der Waals surface area contributed by atoms with Crippen molar-refractivity contribution in [2.45, 2.75) is 10.9 Å². The van der Waals surface area contributed by atoms with Gasteiger partial charge < -0.3 is 14.6 Å². The SMILES string of the molecule is COCC(NS(=O)(=O)c1ccc(C(=O)OC)cc1)C(=O)O. The van der Waals surface area contributed by atoms with Gasteiger partial charge in [0, 0.05) is 7.11 Å². The van der Waals surface area contributed by atoms with E-state index >= 15 is 0 Å². The van der Waals surface area contributed by atoms with E-state index in [1.54, 1.807) is 0 Å². The van der Waals surface area contributed by atoms with Crippen LogP contribution in [0.4, 0.5) is 0 Å². The maximum Gasteiger partial charge on any atom is 0.337 e. The monoisotopic (exact) mass is 317 g/mol. The molecule has 0 spiro atoms. The molecule has 0 bridgehead atoms. The molecule has 9 heteroatoms. The Morgan fingerprint density at radius 2 is 1.81 bits per heavy atom. The summed E-state index contributed by atoms with van der Waals surface area (Å²) in [7, 11) is -1.57. The lowest BCUT2D eigenvalue weighted by Gasteiger charge is -2.14. The quantitative estimate of drug-likeness (QED) is 0.671. The van der Waals surface area contributed by atoms with Crippen molar-refractivity contribution in [2.75, 3.05) is 20.8 Å². The van der Waals surface area contributed by atoms with Crippen LogP contribution in [0, 0.1) is 0 Å². The summed E-state index contributed by atoms with van der Waals surface area (Å²) in [6, 6.07) is 3.50. The fraction of sp³-hybridized carbons (Fsp3) is 0.333. The molecule has 0 radical (unpaired) electrons. The van der Waals surface area contributed by atoms with Gasteiger partial charge in [-0.1, -0.05) is 0 Å². The van der Waals surface area contributed by atoms with Crippen LogP contribution in [-0.2, 0) is 24.3 Å². The van der Waals surface area contributed by atoms with Crippen LogP contribution in [-0.4, -0.2) is 52.3 Å². The minimum Gasteiger partial charge on any atom is -0.480 e. The molecule has 1 rings (SSSR count). The third-order valence-electron chi connectivity index (χ3n) is 2.51. The van der Waals surface area contributed by atoms with Crippen molar-refractivity contribution >= 4 is 22.0 Å². The lowest BCUT2D eigenvalue weighted by molar-refractivity contribution is -0.140. The average Bonchev–Trinajstić information content (AvgIpc) is 2.45. The number of ether oxygens (including phenoxy) is 2. The average molecular weight is 317 g/mol. The maximum absolute atomic E-state index is 12.0. The molecule has 1 aromatic rings. The highest BCUT2D eigenvalue weighted by atomic mass is 32.2. The van der Waals surface area contributed by atoms with Gasteiger partial charge in [0.15, 0.2) is 0 Å². The summed E-state index contributed by atoms with van der Waals surface area (Å²) < 4.78 is 35.2. The Morgan fingerprint density at radius 3 is 2.24 bits per heavy atom. The van der Waals surface area contributed by atoms with Crippen LogP contribution in [0.3, 0.4) is 0 Å². The number of methoxy groups -OCH3 is 2. The molecule has 0 aliphatic rings. The first-order valence-corrected chi connectivity index (χ1v) is 7.22. The van der Waals surface area contributed by atoms with Crippen molar-refractivity contribution in [3.8, 4) is 0 Å². The van der Waals surface area contributed by atoms with Gasteiger partial charge in [0.25, 0.3) is 0 Å². The molecule has 0 aromatic heterocycles. The second-order valence-corrected chi connectivity index (χ2v) is 5.70. The number of hydrogen-bond donors (Lipinski definition) is 2. The normalized spacial score (nSPS) is 12.7. The molecule has 2 N–H and O–H groups in total. The van der Waals surface area contributed by atoms with E-state index in [1.807, 2.05) is 4.72 Å². The van der Waals surface area contributed by atoms with Crippen LogP contribution in [0.5, 0.6) is 0 Å². The molecule has 1 unspecified atom stereocenters. The summed E-state index contributed by atoms with van der Waals surface area (Å²) >= 11 is 0. The standard InChI is InChI=1S/C12H15NO7S/c1-19-7-10(11(14)15)13-21(17,18)9-5-3-8(4-6-9)12(16)20-2/h3-6,10,13H,7H2,1-2H3,(H,14,15). The molecule has 1 aromatic carbocycles. The molecule has 0 heterocycles. The number of carbonyl (C=O) groups excluding carboxylic acids is 1. The molecule has 116 valence electrons. The minimum atomic E-state index is -4.04. The predicted molar refractivity (Wildman–Crippen MR) is 71.4 cm³/mol. The fourth-order valence-electron chi connectivity index (χ4n) is 1.47. The summed E-state index contributed by atoms with van der Waals surface area (Å²) in [4.78, 5) is 22.0. The van der Waals surface area contributed by atoms with E-state index in [0.717, 1.165) is 0 Å². The number of carboxylic acid groups (broad SMARTS) is 1. The largest absolute Gasteiger partial charge is 0.480 e. The number of benzene rings is 1. The van der Waals surface area contributed by atoms with Crippen molar-refractivity contribution in [2.24, 2.45) is 0 Å². The third-order valence-corrected chi connectivity index (χ3v) is 4.00. The van der Waals surface area contributed by atoms with Crippen molar-refractivity contribution in [3.63, 3.8) is 0 Å². The summed E-state index contributed by atoms with van der Waals surface area (Å²) in [6.07, 6.45) is 0. The van der Waals surface area contributed by atoms with Gasteiger partial charge in [0.2, 0.25) is 10.0 Å². The minimum absolute atomic E-state index is 0.169. The number of aliphatic carboxylic acids is 1. The first kappa shape index (κ1) is 17.1. The second kappa shape index (κ2) is 7.16. The number of sulfonamides is 1. The molecule has 0 aliphatic heterocycles. The number of esters is 1. The van der Waals surface area contributed by atoms with Crippen LogP contribution in [0.25, 0.3) is 0 Å². The molecule has 1 atom stereocenters. The zero-order chi connectivity index (χ0) is 16.0. The molecule has 0 saturated carbocycles. The smallest absolute Gasteiger partial charge is 0.337 e. The Morgan fingerprint density at radius 1 is 1.24 bits per heavy atom. The van der Waals surface area contributed by atoms with Crippen LogP contribution in [0.1, 0.15) is 10.4 Å². The van der Waals surface area contributed by atoms with E-state index in [2.05, 4.69) is 9.47 Å². The van der Waals surface area contributed by atoms with E-state index in [-0.39, 0.29) is 17.1 Å². The number of carboxylic acids is 1. The lowest BCUT2D eigenvalue weighted by Crippen LogP contribution is -2.43. The molecule has 8 nitrogen and oxygen atoms in total. The van der Waals surface area contributed by atoms with Gasteiger partial charge in [0.05, 0.1) is 24.2 Å². The van der Waals surface area contributed by atoms with Gasteiger partial charge in [-0.25, -0.2) is 13.2 Å². The van der Waals surface area contributed by atoms with Crippen molar-refractivity contribution < 1.29 is 32.6 Å². The molecule has 0 fully saturated rings. The van der Waals surface area contributed by atoms with E-state index in [9.17, 15) is 18.0 Å². The summed E-state index contributed by atoms with van der Waals surface area (Å²) in [5.41, 5.74) is 0.183. The highest BCUT2D eigenvalue weighted by molar-refractivity contribution is 7.89. The van der Waals surface area contributed by atoms with Crippen LogP contribution in [0.2, 0.25) is 0 Å². The predicted octanol–water partition coefficient (Wildman–Crippen LogP) is -0.149. The second-order valence-electron chi connectivity index (χ2n) is 3.98. The molecular weight excluding hydrogens is 302 g/mol. The molecule has 0 saturated heterocycles. The van der Waals surface area contributed by atoms with Crippen LogP contribution < -0.4 is 4.72 Å². The molecule has 0 amide bonds. The van der Waals surface area contributed by atoms with E-state index in [0.29, 0.717) is 0 Å². The number of nitrogens with one attached hydrogen (secondary N) is 1. The van der Waals surface area contributed by atoms with Gasteiger partial charge >= 0.3 is 11.9 Å². The first-order valence-electron chi connectivity index (χ1n) is 5.74. The third kappa shape index (κ3) is 4.52. The topological polar surface area (TPSA) is 119 Å². The summed E-state index contributed by atoms with van der Waals surface area (Å²) in [5, 5.41) is 8.90. The zero-order valence-electron chi connectivity index (χ0n) is 11.4. The highest BCUT2D eigenvalue weighted by Crippen LogP contribution is 2.12. The van der Waals surface area contributed by atoms with Gasteiger partial charge in [-0.3, -0.25) is 4.79 Å². The van der Waals surface area contributed by atoms with Gasteiger partial charge in [-0.2, -0.15) is 4.72 Å². The Hall–Kier alpha value is -1.97. The van der Waals surface area contributed by atoms with E-state index < -0.39 is 28.0 Å². The molecular formula is C12H15NO7S. The lowest BCUT2D eigenvalue weighted by atomic mass is 10.2. The van der Waals surface area contributed by atoms with E-state index in [1.165, 1.54) is 38.5 Å². The Kier molecular flexibility index (Phi) is 5.82. The molecule has 0 aliphatic carbocycles. The Balaban J connectivity index is 2.97. The first-order chi connectivity index (χ1) is 9.81. The molecule has 21 heavy (non-hydrogen) atoms. The van der Waals surface area contributed by atoms with Crippen LogP contribution >= 0.6 is 0 Å². The van der Waals surface area contributed by atoms with Gasteiger partial charge in [-0.05, 0) is 24.3 Å². The zero-order valence-corrected chi connectivity index (χ0v) is 12.2. The van der Waals surface area contributed by atoms with Crippen LogP contribution in [0.15, 0.2) is 29.2 Å². The van der Waals surface area contributed by atoms with Crippen molar-refractivity contribution in [1.82, 2.24) is 4.72 Å².